The van der Waals surface area contributed by atoms with E-state index in [2.05, 4.69) is 22.8 Å². The molecule has 0 radical (unpaired) electrons. The number of carbonyl (C=O) groups excluding carboxylic acids is 6. The number of methoxy groups -OCH3 is 3. The fraction of sp³-hybridized carbons (Fsp3) is 0.564. The number of nitrogens with zero attached hydrogens (tertiary/aromatic N) is 3. The number of carbonyl (C=O) groups is 6. The summed E-state index contributed by atoms with van der Waals surface area (Å²) in [4.78, 5) is 88.5. The van der Waals surface area contributed by atoms with E-state index in [4.69, 9.17) is 18.9 Å². The summed E-state index contributed by atoms with van der Waals surface area (Å²) in [7, 11) is 7.55. The van der Waals surface area contributed by atoms with E-state index >= 15 is 0 Å². The Morgan fingerprint density at radius 1 is 0.743 bits per heavy atom. The number of likely N-dealkylation sites (tertiary alicyclic amines) is 1. The van der Waals surface area contributed by atoms with E-state index in [1.165, 1.54) is 26.2 Å². The predicted octanol–water partition coefficient (Wildman–Crippen LogP) is 6.85. The molecule has 0 unspecified atom stereocenters. The zero-order valence-corrected chi connectivity index (χ0v) is 43.3. The molecule has 5 rings (SSSR count). The maximum absolute atomic E-state index is 14.7. The van der Waals surface area contributed by atoms with Gasteiger partial charge in [0.25, 0.3) is 0 Å². The first-order valence-corrected chi connectivity index (χ1v) is 24.8. The lowest BCUT2D eigenvalue weighted by atomic mass is 9.89. The van der Waals surface area contributed by atoms with Crippen LogP contribution in [0.5, 0.6) is 0 Å². The van der Waals surface area contributed by atoms with Gasteiger partial charge < -0.3 is 39.4 Å². The third kappa shape index (κ3) is 12.7. The molecule has 5 amide bonds. The van der Waals surface area contributed by atoms with Crippen molar-refractivity contribution >= 4 is 35.7 Å². The number of hydrogen-bond donors (Lipinski definition) is 2. The van der Waals surface area contributed by atoms with Crippen molar-refractivity contribution in [1.29, 1.82) is 0 Å². The summed E-state index contributed by atoms with van der Waals surface area (Å²) in [5.41, 5.74) is 5.23. The zero-order chi connectivity index (χ0) is 51.4. The number of amides is 5. The minimum atomic E-state index is -0.973. The van der Waals surface area contributed by atoms with E-state index in [-0.39, 0.29) is 54.9 Å². The van der Waals surface area contributed by atoms with Crippen molar-refractivity contribution in [2.24, 2.45) is 23.7 Å². The summed E-state index contributed by atoms with van der Waals surface area (Å²) in [5.74, 6) is -3.71. The minimum Gasteiger partial charge on any atom is -0.467 e. The second-order valence-corrected chi connectivity index (χ2v) is 19.7. The topological polar surface area (TPSA) is 173 Å². The van der Waals surface area contributed by atoms with Gasteiger partial charge in [-0.25, -0.2) is 9.59 Å². The second-order valence-electron chi connectivity index (χ2n) is 19.7. The molecule has 9 atom stereocenters. The molecule has 1 heterocycles. The lowest BCUT2D eigenvalue weighted by Crippen LogP contribution is -2.60. The Kier molecular flexibility index (Phi) is 20.0. The molecule has 1 aliphatic carbocycles. The van der Waals surface area contributed by atoms with Crippen LogP contribution in [0.1, 0.15) is 96.8 Å². The first-order valence-electron chi connectivity index (χ1n) is 24.8. The van der Waals surface area contributed by atoms with Gasteiger partial charge in [0.1, 0.15) is 24.7 Å². The van der Waals surface area contributed by atoms with Crippen molar-refractivity contribution in [3.63, 3.8) is 0 Å². The van der Waals surface area contributed by atoms with Crippen LogP contribution in [0.2, 0.25) is 0 Å². The molecule has 3 aromatic rings. The Balaban J connectivity index is 1.26. The number of likely N-dealkylation sites (N-methyl/N-ethyl adjacent to an activating group) is 2. The largest absolute Gasteiger partial charge is 0.467 e. The third-order valence-corrected chi connectivity index (χ3v) is 14.5. The van der Waals surface area contributed by atoms with Gasteiger partial charge >= 0.3 is 12.1 Å². The summed E-state index contributed by atoms with van der Waals surface area (Å²) in [6.45, 7) is 13.7. The Morgan fingerprint density at radius 3 is 1.89 bits per heavy atom. The van der Waals surface area contributed by atoms with Gasteiger partial charge in [-0.15, -0.1) is 0 Å². The van der Waals surface area contributed by atoms with Gasteiger partial charge in [0.2, 0.25) is 23.6 Å². The fourth-order valence-electron chi connectivity index (χ4n) is 10.5. The maximum atomic E-state index is 14.7. The summed E-state index contributed by atoms with van der Waals surface area (Å²) >= 11 is 0. The van der Waals surface area contributed by atoms with Gasteiger partial charge in [-0.05, 0) is 58.4 Å². The highest BCUT2D eigenvalue weighted by Gasteiger charge is 2.44. The number of ether oxygens (including phenoxy) is 4. The molecule has 0 bridgehead atoms. The molecule has 15 heteroatoms. The molecule has 1 aliphatic heterocycles. The molecular formula is C55H77N5O10. The zero-order valence-electron chi connectivity index (χ0n) is 43.3. The molecule has 382 valence electrons. The summed E-state index contributed by atoms with van der Waals surface area (Å²) in [6.07, 6.45) is 0.0709. The van der Waals surface area contributed by atoms with Gasteiger partial charge in [-0.2, -0.15) is 0 Å². The maximum Gasteiger partial charge on any atom is 0.410 e. The molecule has 70 heavy (non-hydrogen) atoms. The molecule has 0 aromatic heterocycles. The first kappa shape index (κ1) is 55.1. The average molecular weight is 968 g/mol. The van der Waals surface area contributed by atoms with Crippen LogP contribution in [0, 0.1) is 23.7 Å². The van der Waals surface area contributed by atoms with Crippen molar-refractivity contribution in [3.05, 3.63) is 95.6 Å². The van der Waals surface area contributed by atoms with E-state index in [1.807, 2.05) is 108 Å². The standard InChI is InChI=1S/C55H77N5O10/c1-13-35(6)49(45(67-10)31-46(61)60-29-21-28-44(60)50(68-11)36(7)51(62)56-43(54(65)69-12)30-37-22-15-14-16-23-37)58(8)53(64)47(33(2)3)57-52(63)48(34(4)5)59(9)55(66)70-32-42-40-26-19-17-24-38(40)39-25-18-20-27-41(39)42/h14-20,22-27,33-36,42-45,47-50H,13,21,28-32H2,1-12H3,(H,56,62)(H,57,63)/t35-,36+,43-,44-,45+,47-,48-,49-,50+/m1/s1. The molecule has 2 aliphatic rings. The summed E-state index contributed by atoms with van der Waals surface area (Å²) < 4.78 is 23.0. The number of hydrogen-bond acceptors (Lipinski definition) is 10. The van der Waals surface area contributed by atoms with Gasteiger partial charge in [0, 0.05) is 47.2 Å². The summed E-state index contributed by atoms with van der Waals surface area (Å²) in [5, 5.41) is 5.87. The summed E-state index contributed by atoms with van der Waals surface area (Å²) in [6, 6.07) is 21.7. The van der Waals surface area contributed by atoms with Gasteiger partial charge in [-0.1, -0.05) is 134 Å². The van der Waals surface area contributed by atoms with E-state index in [0.717, 1.165) is 27.8 Å². The molecule has 1 fully saturated rings. The van der Waals surface area contributed by atoms with E-state index in [0.29, 0.717) is 25.8 Å². The molecule has 0 spiro atoms. The van der Waals surface area contributed by atoms with Crippen LogP contribution in [0.15, 0.2) is 78.9 Å². The number of fused-ring (bicyclic) bond motifs is 3. The van der Waals surface area contributed by atoms with Crippen molar-refractivity contribution in [3.8, 4) is 11.1 Å². The molecule has 2 N–H and O–H groups in total. The van der Waals surface area contributed by atoms with E-state index < -0.39 is 72.2 Å². The van der Waals surface area contributed by atoms with Gasteiger partial charge in [0.15, 0.2) is 0 Å². The van der Waals surface area contributed by atoms with Crippen LogP contribution >= 0.6 is 0 Å². The smallest absolute Gasteiger partial charge is 0.410 e. The quantitative estimate of drug-likeness (QED) is 0.0958. The van der Waals surface area contributed by atoms with Crippen LogP contribution in [-0.2, 0) is 49.3 Å². The number of nitrogens with one attached hydrogen (secondary N) is 2. The highest BCUT2D eigenvalue weighted by Crippen LogP contribution is 2.44. The highest BCUT2D eigenvalue weighted by molar-refractivity contribution is 5.92. The van der Waals surface area contributed by atoms with Crippen LogP contribution < -0.4 is 10.6 Å². The van der Waals surface area contributed by atoms with Crippen molar-refractivity contribution in [2.75, 3.05) is 48.6 Å². The lowest BCUT2D eigenvalue weighted by Gasteiger charge is -2.41. The second kappa shape index (κ2) is 25.4. The number of benzene rings is 3. The van der Waals surface area contributed by atoms with Crippen LogP contribution in [0.3, 0.4) is 0 Å². The molecule has 0 saturated carbocycles. The molecule has 15 nitrogen and oxygen atoms in total. The van der Waals surface area contributed by atoms with Crippen LogP contribution in [0.25, 0.3) is 11.1 Å². The Hall–Kier alpha value is -5.80. The minimum absolute atomic E-state index is 0.0583. The Labute approximate surface area is 415 Å². The predicted molar refractivity (Wildman–Crippen MR) is 268 cm³/mol. The van der Waals surface area contributed by atoms with Crippen molar-refractivity contribution < 1.29 is 47.7 Å². The molecule has 1 saturated heterocycles. The SMILES string of the molecule is CC[C@@H](C)[C@H]([C@H](CC(=O)N1CCC[C@@H]1[C@@H](OC)[C@H](C)C(=O)N[C@H](Cc1ccccc1)C(=O)OC)OC)N(C)C(=O)[C@H](NC(=O)[C@@H](C(C)C)N(C)C(=O)OCC1c2ccccc2-c2ccccc21)C(C)C. The Bertz CT molecular complexity index is 2210. The number of esters is 1. The third-order valence-electron chi connectivity index (χ3n) is 14.5. The molecule has 3 aromatic carbocycles. The first-order chi connectivity index (χ1) is 33.4. The van der Waals surface area contributed by atoms with Crippen molar-refractivity contribution in [1.82, 2.24) is 25.3 Å². The van der Waals surface area contributed by atoms with Gasteiger partial charge in [-0.3, -0.25) is 24.1 Å². The fourth-order valence-corrected chi connectivity index (χ4v) is 10.5. The lowest BCUT2D eigenvalue weighted by molar-refractivity contribution is -0.149. The number of rotatable bonds is 23. The highest BCUT2D eigenvalue weighted by atomic mass is 16.6. The Morgan fingerprint density at radius 2 is 1.34 bits per heavy atom. The van der Waals surface area contributed by atoms with Gasteiger partial charge in [0.05, 0.1) is 43.7 Å². The average Bonchev–Trinajstić information content (AvgIpc) is 3.97. The molecular weight excluding hydrogens is 891 g/mol. The van der Waals surface area contributed by atoms with E-state index in [9.17, 15) is 28.8 Å². The van der Waals surface area contributed by atoms with E-state index in [1.54, 1.807) is 30.8 Å². The van der Waals surface area contributed by atoms with Crippen LogP contribution in [0.4, 0.5) is 4.79 Å². The normalized spacial score (nSPS) is 17.8. The monoisotopic (exact) mass is 968 g/mol. The van der Waals surface area contributed by atoms with Crippen LogP contribution in [-0.4, -0.2) is 141 Å². The van der Waals surface area contributed by atoms with Crippen molar-refractivity contribution in [2.45, 2.75) is 129 Å².